The standard InChI is InChI=1S/C12H23ClN2O/c1-10-9-15(2)8-6-11(10)14-12(16)5-3-4-7-13/h10-11H,3-9H2,1-2H3,(H,14,16). The fourth-order valence-corrected chi connectivity index (χ4v) is 2.42. The van der Waals surface area contributed by atoms with E-state index < -0.39 is 0 Å². The number of nitrogens with one attached hydrogen (secondary N) is 1. The Labute approximate surface area is 104 Å². The van der Waals surface area contributed by atoms with Crippen molar-refractivity contribution in [1.29, 1.82) is 0 Å². The molecule has 1 amide bonds. The summed E-state index contributed by atoms with van der Waals surface area (Å²) in [4.78, 5) is 14.0. The summed E-state index contributed by atoms with van der Waals surface area (Å²) in [6.45, 7) is 4.36. The lowest BCUT2D eigenvalue weighted by Gasteiger charge is -2.35. The van der Waals surface area contributed by atoms with Gasteiger partial charge in [-0.3, -0.25) is 4.79 Å². The van der Waals surface area contributed by atoms with E-state index in [2.05, 4.69) is 24.2 Å². The van der Waals surface area contributed by atoms with E-state index in [1.807, 2.05) is 0 Å². The number of carbonyl (C=O) groups is 1. The first kappa shape index (κ1) is 13.8. The first-order valence-electron chi connectivity index (χ1n) is 6.17. The number of carbonyl (C=O) groups excluding carboxylic acids is 1. The van der Waals surface area contributed by atoms with Crippen molar-refractivity contribution in [2.45, 2.75) is 38.6 Å². The van der Waals surface area contributed by atoms with Crippen molar-refractivity contribution in [1.82, 2.24) is 10.2 Å². The van der Waals surface area contributed by atoms with E-state index in [0.717, 1.165) is 32.4 Å². The third-order valence-electron chi connectivity index (χ3n) is 3.24. The molecule has 0 aromatic heterocycles. The molecule has 3 nitrogen and oxygen atoms in total. The number of nitrogens with zero attached hydrogens (tertiary/aromatic N) is 1. The van der Waals surface area contributed by atoms with Gasteiger partial charge in [0.1, 0.15) is 0 Å². The van der Waals surface area contributed by atoms with Gasteiger partial charge in [-0.05, 0) is 38.8 Å². The van der Waals surface area contributed by atoms with Crippen molar-refractivity contribution in [3.05, 3.63) is 0 Å². The topological polar surface area (TPSA) is 32.3 Å². The smallest absolute Gasteiger partial charge is 0.220 e. The highest BCUT2D eigenvalue weighted by molar-refractivity contribution is 6.17. The van der Waals surface area contributed by atoms with Crippen LogP contribution >= 0.6 is 11.6 Å². The second kappa shape index (κ2) is 7.13. The SMILES string of the molecule is CC1CN(C)CCC1NC(=O)CCCCCl. The fraction of sp³-hybridized carbons (Fsp3) is 0.917. The number of hydrogen-bond acceptors (Lipinski definition) is 2. The predicted molar refractivity (Wildman–Crippen MR) is 67.8 cm³/mol. The van der Waals surface area contributed by atoms with Crippen molar-refractivity contribution in [2.75, 3.05) is 26.0 Å². The molecule has 1 aliphatic rings. The van der Waals surface area contributed by atoms with Crippen LogP contribution in [0.5, 0.6) is 0 Å². The zero-order valence-electron chi connectivity index (χ0n) is 10.3. The number of alkyl halides is 1. The number of rotatable bonds is 5. The monoisotopic (exact) mass is 246 g/mol. The third kappa shape index (κ3) is 4.71. The molecule has 2 atom stereocenters. The number of halogens is 1. The summed E-state index contributed by atoms with van der Waals surface area (Å²) in [5.74, 6) is 1.39. The van der Waals surface area contributed by atoms with Gasteiger partial charge in [0.25, 0.3) is 0 Å². The summed E-state index contributed by atoms with van der Waals surface area (Å²) in [5.41, 5.74) is 0. The lowest BCUT2D eigenvalue weighted by molar-refractivity contribution is -0.122. The minimum Gasteiger partial charge on any atom is -0.353 e. The molecule has 1 aliphatic heterocycles. The summed E-state index contributed by atoms with van der Waals surface area (Å²) in [6.07, 6.45) is 3.51. The number of hydrogen-bond donors (Lipinski definition) is 1. The molecule has 1 saturated heterocycles. The lowest BCUT2D eigenvalue weighted by atomic mass is 9.94. The minimum absolute atomic E-state index is 0.187. The van der Waals surface area contributed by atoms with Gasteiger partial charge in [0.15, 0.2) is 0 Å². The van der Waals surface area contributed by atoms with Crippen molar-refractivity contribution >= 4 is 17.5 Å². The molecule has 0 aliphatic carbocycles. The molecule has 16 heavy (non-hydrogen) atoms. The molecule has 0 bridgehead atoms. The largest absolute Gasteiger partial charge is 0.353 e. The van der Waals surface area contributed by atoms with Crippen molar-refractivity contribution in [2.24, 2.45) is 5.92 Å². The molecule has 1 rings (SSSR count). The molecule has 0 radical (unpaired) electrons. The van der Waals surface area contributed by atoms with Crippen LogP contribution in [0.25, 0.3) is 0 Å². The molecule has 94 valence electrons. The summed E-state index contributed by atoms with van der Waals surface area (Å²) in [7, 11) is 2.13. The average molecular weight is 247 g/mol. The molecule has 1 N–H and O–H groups in total. The lowest BCUT2D eigenvalue weighted by Crippen LogP contribution is -2.48. The van der Waals surface area contributed by atoms with Gasteiger partial charge in [0, 0.05) is 24.9 Å². The number of likely N-dealkylation sites (tertiary alicyclic amines) is 1. The van der Waals surface area contributed by atoms with Crippen LogP contribution < -0.4 is 5.32 Å². The van der Waals surface area contributed by atoms with Crippen molar-refractivity contribution in [3.8, 4) is 0 Å². The van der Waals surface area contributed by atoms with Crippen LogP contribution in [0.3, 0.4) is 0 Å². The zero-order valence-corrected chi connectivity index (χ0v) is 11.1. The maximum atomic E-state index is 11.6. The first-order chi connectivity index (χ1) is 7.63. The molecule has 1 heterocycles. The molecule has 0 aromatic carbocycles. The highest BCUT2D eigenvalue weighted by atomic mass is 35.5. The van der Waals surface area contributed by atoms with Gasteiger partial charge in [0.05, 0.1) is 0 Å². The van der Waals surface area contributed by atoms with E-state index in [1.165, 1.54) is 0 Å². The highest BCUT2D eigenvalue weighted by Gasteiger charge is 2.24. The van der Waals surface area contributed by atoms with Crippen LogP contribution in [0.1, 0.15) is 32.6 Å². The van der Waals surface area contributed by atoms with E-state index in [0.29, 0.717) is 24.3 Å². The van der Waals surface area contributed by atoms with E-state index in [-0.39, 0.29) is 5.91 Å². The fourth-order valence-electron chi connectivity index (χ4n) is 2.23. The normalized spacial score (nSPS) is 26.7. The Kier molecular flexibility index (Phi) is 6.14. The quantitative estimate of drug-likeness (QED) is 0.593. The van der Waals surface area contributed by atoms with Gasteiger partial charge in [-0.25, -0.2) is 0 Å². The number of piperidine rings is 1. The second-order valence-electron chi connectivity index (χ2n) is 4.85. The molecule has 4 heteroatoms. The molecular formula is C12H23ClN2O. The number of unbranched alkanes of at least 4 members (excludes halogenated alkanes) is 1. The summed E-state index contributed by atoms with van der Waals surface area (Å²) >= 11 is 5.58. The van der Waals surface area contributed by atoms with E-state index in [1.54, 1.807) is 0 Å². The Morgan fingerprint density at radius 3 is 2.88 bits per heavy atom. The Morgan fingerprint density at radius 2 is 2.25 bits per heavy atom. The van der Waals surface area contributed by atoms with Gasteiger partial charge >= 0.3 is 0 Å². The summed E-state index contributed by atoms with van der Waals surface area (Å²) < 4.78 is 0. The van der Waals surface area contributed by atoms with Gasteiger partial charge < -0.3 is 10.2 Å². The maximum Gasteiger partial charge on any atom is 0.220 e. The molecule has 0 saturated carbocycles. The molecule has 0 spiro atoms. The van der Waals surface area contributed by atoms with E-state index in [9.17, 15) is 4.79 Å². The zero-order chi connectivity index (χ0) is 12.0. The van der Waals surface area contributed by atoms with Crippen molar-refractivity contribution in [3.63, 3.8) is 0 Å². The Hall–Kier alpha value is -0.280. The van der Waals surface area contributed by atoms with Crippen LogP contribution in [0.15, 0.2) is 0 Å². The van der Waals surface area contributed by atoms with Crippen LogP contribution in [0.4, 0.5) is 0 Å². The molecular weight excluding hydrogens is 224 g/mol. The Bertz CT molecular complexity index is 223. The van der Waals surface area contributed by atoms with Gasteiger partial charge in [-0.15, -0.1) is 11.6 Å². The Morgan fingerprint density at radius 1 is 1.50 bits per heavy atom. The van der Waals surface area contributed by atoms with Crippen LogP contribution in [0, 0.1) is 5.92 Å². The van der Waals surface area contributed by atoms with Crippen molar-refractivity contribution < 1.29 is 4.79 Å². The van der Waals surface area contributed by atoms with E-state index >= 15 is 0 Å². The Balaban J connectivity index is 2.22. The van der Waals surface area contributed by atoms with Gasteiger partial charge in [-0.1, -0.05) is 6.92 Å². The minimum atomic E-state index is 0.187. The molecule has 0 aromatic rings. The summed E-state index contributed by atoms with van der Waals surface area (Å²) in [6, 6.07) is 0.361. The van der Waals surface area contributed by atoms with Gasteiger partial charge in [0.2, 0.25) is 5.91 Å². The first-order valence-corrected chi connectivity index (χ1v) is 6.70. The molecule has 1 fully saturated rings. The van der Waals surface area contributed by atoms with Crippen LogP contribution in [-0.4, -0.2) is 42.9 Å². The van der Waals surface area contributed by atoms with Gasteiger partial charge in [-0.2, -0.15) is 0 Å². The van der Waals surface area contributed by atoms with Crippen LogP contribution in [-0.2, 0) is 4.79 Å². The summed E-state index contributed by atoms with van der Waals surface area (Å²) in [5, 5.41) is 3.14. The van der Waals surface area contributed by atoms with Crippen LogP contribution in [0.2, 0.25) is 0 Å². The second-order valence-corrected chi connectivity index (χ2v) is 5.23. The predicted octanol–water partition coefficient (Wildman–Crippen LogP) is 1.85. The average Bonchev–Trinajstić information content (AvgIpc) is 2.23. The highest BCUT2D eigenvalue weighted by Crippen LogP contribution is 2.15. The molecule has 2 unspecified atom stereocenters. The number of amides is 1. The third-order valence-corrected chi connectivity index (χ3v) is 3.51. The van der Waals surface area contributed by atoms with E-state index in [4.69, 9.17) is 11.6 Å². The maximum absolute atomic E-state index is 11.6.